The van der Waals surface area contributed by atoms with Crippen molar-refractivity contribution in [1.29, 1.82) is 0 Å². The highest BCUT2D eigenvalue weighted by atomic mass is 35.5. The van der Waals surface area contributed by atoms with Gasteiger partial charge < -0.3 is 10.1 Å². The highest BCUT2D eigenvalue weighted by molar-refractivity contribution is 7.80. The third-order valence-corrected chi connectivity index (χ3v) is 6.11. The number of carbonyl (C=O) groups is 1. The maximum Gasteiger partial charge on any atom is 0.170 e. The van der Waals surface area contributed by atoms with E-state index in [-0.39, 0.29) is 22.9 Å². The van der Waals surface area contributed by atoms with Gasteiger partial charge in [-0.05, 0) is 48.4 Å². The van der Waals surface area contributed by atoms with Crippen molar-refractivity contribution in [3.05, 3.63) is 62.8 Å². The van der Waals surface area contributed by atoms with Crippen LogP contribution in [-0.4, -0.2) is 34.9 Å². The van der Waals surface area contributed by atoms with Gasteiger partial charge in [0.25, 0.3) is 0 Å². The first-order valence-corrected chi connectivity index (χ1v) is 10.4. The summed E-state index contributed by atoms with van der Waals surface area (Å²) in [5.74, 6) is -0.388. The zero-order valence-corrected chi connectivity index (χ0v) is 18.2. The third-order valence-electron chi connectivity index (χ3n) is 4.10. The summed E-state index contributed by atoms with van der Waals surface area (Å²) < 4.78 is 28.7. The predicted octanol–water partition coefficient (Wildman–Crippen LogP) is 4.63. The van der Waals surface area contributed by atoms with Gasteiger partial charge in [-0.1, -0.05) is 34.8 Å². The van der Waals surface area contributed by atoms with Gasteiger partial charge in [-0.2, -0.15) is 0 Å². The molecule has 28 heavy (non-hydrogen) atoms. The van der Waals surface area contributed by atoms with Gasteiger partial charge in [0, 0.05) is 35.9 Å². The first kappa shape index (κ1) is 23.1. The Morgan fingerprint density at radius 2 is 1.86 bits per heavy atom. The Bertz CT molecular complexity index is 852. The quantitative estimate of drug-likeness (QED) is 0.649. The van der Waals surface area contributed by atoms with Crippen molar-refractivity contribution in [2.75, 3.05) is 19.4 Å². The van der Waals surface area contributed by atoms with Crippen molar-refractivity contribution in [3.63, 3.8) is 0 Å². The summed E-state index contributed by atoms with van der Waals surface area (Å²) >= 11 is 16.0. The molecule has 0 radical (unpaired) electrons. The van der Waals surface area contributed by atoms with E-state index in [1.54, 1.807) is 38.4 Å². The van der Waals surface area contributed by atoms with Gasteiger partial charge in [0.15, 0.2) is 11.2 Å². The Morgan fingerprint density at radius 3 is 2.39 bits per heavy atom. The lowest BCUT2D eigenvalue weighted by molar-refractivity contribution is -0.111. The largest absolute Gasteiger partial charge is 0.388 e. The van der Waals surface area contributed by atoms with Gasteiger partial charge in [-0.15, -0.1) is 0 Å². The van der Waals surface area contributed by atoms with Crippen LogP contribution >= 0.6 is 34.8 Å². The van der Waals surface area contributed by atoms with Gasteiger partial charge in [-0.3, -0.25) is 0 Å². The maximum absolute atomic E-state index is 12.5. The molecule has 3 rings (SSSR count). The van der Waals surface area contributed by atoms with Crippen molar-refractivity contribution in [2.24, 2.45) is 0 Å². The summed E-state index contributed by atoms with van der Waals surface area (Å²) in [6.45, 7) is 0. The molecule has 2 N–H and O–H groups in total. The lowest BCUT2D eigenvalue weighted by atomic mass is 10.0. The lowest BCUT2D eigenvalue weighted by Gasteiger charge is -2.33. The minimum Gasteiger partial charge on any atom is -0.388 e. The minimum atomic E-state index is -1.39. The minimum absolute atomic E-state index is 0.145. The molecule has 1 aliphatic rings. The predicted molar refractivity (Wildman–Crippen MR) is 114 cm³/mol. The molecular formula is C18H19Cl3FN3O2S. The monoisotopic (exact) mass is 465 g/mol. The van der Waals surface area contributed by atoms with Crippen LogP contribution in [0.4, 0.5) is 10.1 Å². The first-order valence-electron chi connectivity index (χ1n) is 8.20. The summed E-state index contributed by atoms with van der Waals surface area (Å²) in [4.78, 5) is 11.0. The van der Waals surface area contributed by atoms with E-state index >= 15 is 0 Å². The summed E-state index contributed by atoms with van der Waals surface area (Å²) in [5.41, 5.74) is 1.65. The van der Waals surface area contributed by atoms with Crippen LogP contribution < -0.4 is 10.0 Å². The van der Waals surface area contributed by atoms with E-state index in [2.05, 4.69) is 10.0 Å². The fourth-order valence-electron chi connectivity index (χ4n) is 2.54. The number of halogens is 4. The Morgan fingerprint density at radius 1 is 1.21 bits per heavy atom. The number of nitrogens with one attached hydrogen (secondary N) is 2. The van der Waals surface area contributed by atoms with Crippen molar-refractivity contribution in [2.45, 2.75) is 18.5 Å². The first-order chi connectivity index (χ1) is 13.2. The summed E-state index contributed by atoms with van der Waals surface area (Å²) in [6, 6.07) is 9.07. The smallest absolute Gasteiger partial charge is 0.170 e. The second-order valence-corrected chi connectivity index (χ2v) is 8.58. The van der Waals surface area contributed by atoms with Crippen LogP contribution in [-0.2, 0) is 16.0 Å². The van der Waals surface area contributed by atoms with Gasteiger partial charge in [0.2, 0.25) is 0 Å². The molecule has 3 unspecified atom stereocenters. The van der Waals surface area contributed by atoms with Crippen LogP contribution in [0.15, 0.2) is 36.4 Å². The normalized spacial score (nSPS) is 22.1. The number of anilines is 1. The topological polar surface area (TPSA) is 61.4 Å². The number of aldehydes is 1. The number of hydrogen-bond acceptors (Lipinski definition) is 3. The fraction of sp³-hybridized carbons (Fsp3) is 0.278. The average molecular weight is 467 g/mol. The van der Waals surface area contributed by atoms with E-state index in [0.717, 1.165) is 17.5 Å². The number of nitrogens with zero attached hydrogens (tertiary/aromatic N) is 1. The van der Waals surface area contributed by atoms with Gasteiger partial charge >= 0.3 is 0 Å². The molecule has 2 aromatic rings. The molecule has 1 saturated heterocycles. The maximum atomic E-state index is 12.5. The average Bonchev–Trinajstić information content (AvgIpc) is 2.65. The van der Waals surface area contributed by atoms with E-state index in [9.17, 15) is 13.4 Å². The molecule has 0 aliphatic carbocycles. The van der Waals surface area contributed by atoms with Crippen LogP contribution in [0.1, 0.15) is 18.0 Å². The van der Waals surface area contributed by atoms with Crippen molar-refractivity contribution in [1.82, 2.24) is 9.03 Å². The molecule has 0 spiro atoms. The van der Waals surface area contributed by atoms with Crippen molar-refractivity contribution < 1.29 is 13.4 Å². The molecule has 0 saturated carbocycles. The molecule has 10 heteroatoms. The van der Waals surface area contributed by atoms with Gasteiger partial charge in [0.05, 0.1) is 11.1 Å². The molecule has 152 valence electrons. The molecule has 2 aromatic carbocycles. The van der Waals surface area contributed by atoms with E-state index in [4.69, 9.17) is 34.8 Å². The Labute approximate surface area is 180 Å². The fourth-order valence-corrected chi connectivity index (χ4v) is 4.29. The molecule has 1 heterocycles. The third kappa shape index (κ3) is 6.14. The van der Waals surface area contributed by atoms with Crippen molar-refractivity contribution >= 4 is 57.9 Å². The molecule has 3 atom stereocenters. The second kappa shape index (κ2) is 10.5. The van der Waals surface area contributed by atoms with E-state index in [1.165, 1.54) is 16.4 Å². The second-order valence-electron chi connectivity index (χ2n) is 5.99. The molecule has 0 bridgehead atoms. The Hall–Kier alpha value is -1.22. The highest BCUT2D eigenvalue weighted by Crippen LogP contribution is 2.29. The van der Waals surface area contributed by atoms with Crippen LogP contribution in [0.2, 0.25) is 15.1 Å². The number of likely N-dealkylation sites (N-methyl/N-ethyl adjacent to an activating group) is 1. The number of carbonyl (C=O) groups excluding carboxylic acids is 1. The standard InChI is InChI=1S/C11H12Cl2N2O2S.C7H7ClFN/c1-15-10(6-16)5-11(14-18(15)17)7-2-8(12)4-9(13)3-7;1-10-5-2-3-7(9)6(8)4-5/h2-4,6,10-11,14H,5H2,1H3;2-4,10H,1H3. The zero-order chi connectivity index (χ0) is 20.8. The molecule has 0 amide bonds. The summed E-state index contributed by atoms with van der Waals surface area (Å²) in [7, 11) is 3.40. The number of hydrogen-bond donors (Lipinski definition) is 2. The van der Waals surface area contributed by atoms with E-state index in [1.807, 2.05) is 0 Å². The van der Waals surface area contributed by atoms with Crippen LogP contribution in [0.25, 0.3) is 0 Å². The summed E-state index contributed by atoms with van der Waals surface area (Å²) in [5, 5.41) is 4.03. The van der Waals surface area contributed by atoms with Gasteiger partial charge in [-0.25, -0.2) is 17.6 Å². The lowest BCUT2D eigenvalue weighted by Crippen LogP contribution is -2.48. The molecule has 1 aliphatic heterocycles. The SMILES string of the molecule is CN1C(C=O)CC(c2cc(Cl)cc(Cl)c2)NS1=O.CNc1ccc(F)c(Cl)c1. The number of benzene rings is 2. The zero-order valence-electron chi connectivity index (χ0n) is 15.1. The van der Waals surface area contributed by atoms with Crippen LogP contribution in [0.3, 0.4) is 0 Å². The molecule has 0 aromatic heterocycles. The molecule has 1 fully saturated rings. The molecular weight excluding hydrogens is 448 g/mol. The van der Waals surface area contributed by atoms with E-state index < -0.39 is 11.2 Å². The summed E-state index contributed by atoms with van der Waals surface area (Å²) in [6.07, 6.45) is 1.33. The number of rotatable bonds is 3. The van der Waals surface area contributed by atoms with Crippen molar-refractivity contribution in [3.8, 4) is 0 Å². The highest BCUT2D eigenvalue weighted by Gasteiger charge is 2.31. The van der Waals surface area contributed by atoms with Gasteiger partial charge in [0.1, 0.15) is 12.1 Å². The molecule has 5 nitrogen and oxygen atoms in total. The Balaban J connectivity index is 0.000000237. The van der Waals surface area contributed by atoms with Crippen LogP contribution in [0.5, 0.6) is 0 Å². The van der Waals surface area contributed by atoms with Crippen LogP contribution in [0, 0.1) is 5.82 Å². The Kier molecular flexibility index (Phi) is 8.67. The van der Waals surface area contributed by atoms with E-state index in [0.29, 0.717) is 16.5 Å².